The summed E-state index contributed by atoms with van der Waals surface area (Å²) in [5.74, 6) is 0. The van der Waals surface area contributed by atoms with Crippen LogP contribution < -0.4 is 16.0 Å². The normalized spacial score (nSPS) is 20.1. The van der Waals surface area contributed by atoms with Gasteiger partial charge < -0.3 is 16.0 Å². The molecule has 0 aliphatic carbocycles. The number of rotatable bonds is 2. The van der Waals surface area contributed by atoms with Crippen LogP contribution in [0.15, 0.2) is 12.1 Å². The predicted octanol–water partition coefficient (Wildman–Crippen LogP) is 3.53. The first-order chi connectivity index (χ1) is 10.5. The van der Waals surface area contributed by atoms with Crippen molar-refractivity contribution in [3.63, 3.8) is 0 Å². The molecule has 0 radical (unpaired) electrons. The first kappa shape index (κ1) is 18.5. The molecule has 1 saturated heterocycles. The predicted molar refractivity (Wildman–Crippen MR) is 103 cm³/mol. The summed E-state index contributed by atoms with van der Waals surface area (Å²) in [7, 11) is 0. The standard InChI is InChI=1S/C18H28ClN3S/c1-11-7-12(2)15(14(19)8-11)21-16(23)20-13-9-17(3,4)22-18(5,6)10-13/h7-8,13,22H,9-10H2,1-6H3,(H2,20,21,23)/p+1. The molecule has 23 heavy (non-hydrogen) atoms. The highest BCUT2D eigenvalue weighted by atomic mass is 35.5. The van der Waals surface area contributed by atoms with Crippen LogP contribution in [0.1, 0.15) is 51.7 Å². The maximum atomic E-state index is 6.36. The van der Waals surface area contributed by atoms with Crippen molar-refractivity contribution in [2.45, 2.75) is 71.5 Å². The molecule has 5 heteroatoms. The molecule has 4 N–H and O–H groups in total. The third kappa shape index (κ3) is 5.07. The van der Waals surface area contributed by atoms with Crippen LogP contribution in [-0.4, -0.2) is 22.2 Å². The van der Waals surface area contributed by atoms with Gasteiger partial charge in [-0.25, -0.2) is 0 Å². The molecule has 1 aliphatic heterocycles. The van der Waals surface area contributed by atoms with E-state index in [1.165, 1.54) is 0 Å². The highest BCUT2D eigenvalue weighted by molar-refractivity contribution is 7.80. The number of halogens is 1. The van der Waals surface area contributed by atoms with E-state index in [-0.39, 0.29) is 11.1 Å². The molecule has 0 amide bonds. The lowest BCUT2D eigenvalue weighted by atomic mass is 9.80. The van der Waals surface area contributed by atoms with Crippen LogP contribution in [0.25, 0.3) is 0 Å². The van der Waals surface area contributed by atoms with Crippen LogP contribution in [0.3, 0.4) is 0 Å². The van der Waals surface area contributed by atoms with Crippen LogP contribution in [-0.2, 0) is 0 Å². The lowest BCUT2D eigenvalue weighted by molar-refractivity contribution is -0.787. The maximum absolute atomic E-state index is 6.36. The molecule has 0 atom stereocenters. The van der Waals surface area contributed by atoms with E-state index >= 15 is 0 Å². The van der Waals surface area contributed by atoms with Gasteiger partial charge in [0.05, 0.1) is 21.8 Å². The van der Waals surface area contributed by atoms with Gasteiger partial charge >= 0.3 is 0 Å². The quantitative estimate of drug-likeness (QED) is 0.712. The van der Waals surface area contributed by atoms with Gasteiger partial charge in [-0.05, 0) is 71.0 Å². The van der Waals surface area contributed by atoms with Crippen molar-refractivity contribution in [1.29, 1.82) is 0 Å². The van der Waals surface area contributed by atoms with E-state index in [1.54, 1.807) is 0 Å². The van der Waals surface area contributed by atoms with E-state index < -0.39 is 0 Å². The first-order valence-electron chi connectivity index (χ1n) is 8.19. The molecule has 3 nitrogen and oxygen atoms in total. The Hall–Kier alpha value is -0.840. The van der Waals surface area contributed by atoms with Crippen LogP contribution in [0.4, 0.5) is 5.69 Å². The highest BCUT2D eigenvalue weighted by Crippen LogP contribution is 2.27. The fraction of sp³-hybridized carbons (Fsp3) is 0.611. The topological polar surface area (TPSA) is 40.7 Å². The summed E-state index contributed by atoms with van der Waals surface area (Å²) >= 11 is 11.9. The van der Waals surface area contributed by atoms with Gasteiger partial charge in [-0.1, -0.05) is 17.7 Å². The fourth-order valence-electron chi connectivity index (χ4n) is 4.03. The van der Waals surface area contributed by atoms with Gasteiger partial charge in [0, 0.05) is 18.9 Å². The molecule has 0 bridgehead atoms. The van der Waals surface area contributed by atoms with E-state index in [0.717, 1.165) is 29.7 Å². The van der Waals surface area contributed by atoms with Gasteiger partial charge in [-0.15, -0.1) is 0 Å². The Kier molecular flexibility index (Phi) is 5.29. The summed E-state index contributed by atoms with van der Waals surface area (Å²) in [6, 6.07) is 4.44. The monoisotopic (exact) mass is 354 g/mol. The van der Waals surface area contributed by atoms with Gasteiger partial charge in [-0.3, -0.25) is 0 Å². The van der Waals surface area contributed by atoms with Gasteiger partial charge in [0.1, 0.15) is 0 Å². The second kappa shape index (κ2) is 6.58. The number of anilines is 1. The number of nitrogens with two attached hydrogens (primary N) is 1. The van der Waals surface area contributed by atoms with E-state index in [4.69, 9.17) is 23.8 Å². The molecule has 0 saturated carbocycles. The third-order valence-electron chi connectivity index (χ3n) is 4.33. The fourth-order valence-corrected chi connectivity index (χ4v) is 4.67. The van der Waals surface area contributed by atoms with Crippen LogP contribution >= 0.6 is 23.8 Å². The van der Waals surface area contributed by atoms with Gasteiger partial charge in [0.25, 0.3) is 0 Å². The van der Waals surface area contributed by atoms with Crippen molar-refractivity contribution in [3.05, 3.63) is 28.3 Å². The summed E-state index contributed by atoms with van der Waals surface area (Å²) in [6.07, 6.45) is 2.16. The van der Waals surface area contributed by atoms with Crippen molar-refractivity contribution >= 4 is 34.6 Å². The van der Waals surface area contributed by atoms with E-state index in [0.29, 0.717) is 16.2 Å². The molecule has 1 aromatic carbocycles. The Morgan fingerprint density at radius 2 is 1.74 bits per heavy atom. The van der Waals surface area contributed by atoms with Crippen molar-refractivity contribution in [1.82, 2.24) is 5.32 Å². The average molecular weight is 355 g/mol. The minimum absolute atomic E-state index is 0.215. The Labute approximate surface area is 150 Å². The zero-order chi connectivity index (χ0) is 17.4. The minimum atomic E-state index is 0.215. The Bertz CT molecular complexity index is 571. The van der Waals surface area contributed by atoms with Crippen molar-refractivity contribution < 1.29 is 5.32 Å². The van der Waals surface area contributed by atoms with Crippen LogP contribution in [0.5, 0.6) is 0 Å². The second-order valence-corrected chi connectivity index (χ2v) is 9.08. The van der Waals surface area contributed by atoms with Crippen molar-refractivity contribution in [3.8, 4) is 0 Å². The Morgan fingerprint density at radius 1 is 1.17 bits per heavy atom. The number of hydrogen-bond donors (Lipinski definition) is 3. The number of quaternary nitrogens is 1. The Balaban J connectivity index is 2.05. The Morgan fingerprint density at radius 3 is 2.26 bits per heavy atom. The molecule has 1 heterocycles. The minimum Gasteiger partial charge on any atom is -0.359 e. The van der Waals surface area contributed by atoms with Gasteiger partial charge in [0.15, 0.2) is 5.11 Å². The molecule has 1 aromatic rings. The molecule has 0 aromatic heterocycles. The number of thiocarbonyl (C=S) groups is 1. The molecule has 0 spiro atoms. The lowest BCUT2D eigenvalue weighted by Gasteiger charge is -2.43. The van der Waals surface area contributed by atoms with Crippen LogP contribution in [0, 0.1) is 13.8 Å². The smallest absolute Gasteiger partial charge is 0.171 e. The third-order valence-corrected chi connectivity index (χ3v) is 4.85. The maximum Gasteiger partial charge on any atom is 0.171 e. The summed E-state index contributed by atoms with van der Waals surface area (Å²) in [6.45, 7) is 13.3. The van der Waals surface area contributed by atoms with Crippen molar-refractivity contribution in [2.75, 3.05) is 5.32 Å². The largest absolute Gasteiger partial charge is 0.359 e. The highest BCUT2D eigenvalue weighted by Gasteiger charge is 2.41. The van der Waals surface area contributed by atoms with Crippen molar-refractivity contribution in [2.24, 2.45) is 0 Å². The molecule has 0 unspecified atom stereocenters. The molecule has 2 rings (SSSR count). The molecule has 128 valence electrons. The van der Waals surface area contributed by atoms with E-state index in [1.807, 2.05) is 19.9 Å². The van der Waals surface area contributed by atoms with Gasteiger partial charge in [-0.2, -0.15) is 0 Å². The first-order valence-corrected chi connectivity index (χ1v) is 8.97. The number of hydrogen-bond acceptors (Lipinski definition) is 1. The van der Waals surface area contributed by atoms with Gasteiger partial charge in [0.2, 0.25) is 0 Å². The number of aryl methyl sites for hydroxylation is 2. The zero-order valence-corrected chi connectivity index (χ0v) is 16.6. The number of nitrogens with one attached hydrogen (secondary N) is 2. The molecule has 1 aliphatic rings. The SMILES string of the molecule is Cc1cc(C)c(NC(=S)NC2CC(C)(C)[NH2+]C(C)(C)C2)c(Cl)c1. The summed E-state index contributed by atoms with van der Waals surface area (Å²) in [4.78, 5) is 0. The van der Waals surface area contributed by atoms with E-state index in [9.17, 15) is 0 Å². The number of piperidine rings is 1. The zero-order valence-electron chi connectivity index (χ0n) is 15.0. The summed E-state index contributed by atoms with van der Waals surface area (Å²) in [5.41, 5.74) is 3.59. The second-order valence-electron chi connectivity index (χ2n) is 8.26. The van der Waals surface area contributed by atoms with Crippen LogP contribution in [0.2, 0.25) is 5.02 Å². The number of benzene rings is 1. The lowest BCUT2D eigenvalue weighted by Crippen LogP contribution is -3.06. The summed E-state index contributed by atoms with van der Waals surface area (Å²) < 4.78 is 0. The van der Waals surface area contributed by atoms with E-state index in [2.05, 4.69) is 49.7 Å². The average Bonchev–Trinajstić information content (AvgIpc) is 2.29. The summed E-state index contributed by atoms with van der Waals surface area (Å²) in [5, 5.41) is 10.6. The molecule has 1 fully saturated rings. The molecular weight excluding hydrogens is 326 g/mol. The molecular formula is C18H29ClN3S+.